The zero-order chi connectivity index (χ0) is 12.0. The van der Waals surface area contributed by atoms with Crippen molar-refractivity contribution in [1.29, 1.82) is 0 Å². The van der Waals surface area contributed by atoms with Crippen LogP contribution in [0.25, 0.3) is 6.08 Å². The van der Waals surface area contributed by atoms with E-state index in [1.165, 1.54) is 19.3 Å². The molecule has 86 valence electrons. The quantitative estimate of drug-likeness (QED) is 0.579. The number of methoxy groups -OCH3 is 1. The highest BCUT2D eigenvalue weighted by molar-refractivity contribution is 5.92. The van der Waals surface area contributed by atoms with Crippen molar-refractivity contribution >= 4 is 18.1 Å². The van der Waals surface area contributed by atoms with Crippen LogP contribution in [0.1, 0.15) is 11.5 Å². The molecule has 0 aliphatic rings. The van der Waals surface area contributed by atoms with Crippen LogP contribution in [-0.2, 0) is 9.53 Å². The minimum Gasteiger partial charge on any atom is -0.462 e. The van der Waals surface area contributed by atoms with E-state index in [4.69, 9.17) is 4.42 Å². The summed E-state index contributed by atoms with van der Waals surface area (Å²) in [6.07, 6.45) is 1.98. The standard InChI is InChI=1S/C10H12N2O4/c1-7-3-4-8(16-7)5-6-9(13)11-12-10(14)15-2/h3-6H,1-2H3,(H,11,13)(H,12,14)/b6-5+. The Morgan fingerprint density at radius 1 is 1.38 bits per heavy atom. The van der Waals surface area contributed by atoms with Gasteiger partial charge >= 0.3 is 6.09 Å². The zero-order valence-electron chi connectivity index (χ0n) is 8.94. The fourth-order valence-corrected chi connectivity index (χ4v) is 0.906. The van der Waals surface area contributed by atoms with E-state index in [1.54, 1.807) is 19.1 Å². The smallest absolute Gasteiger partial charge is 0.425 e. The Hall–Kier alpha value is -2.24. The molecular formula is C10H12N2O4. The molecule has 1 rings (SSSR count). The Balaban J connectivity index is 2.39. The van der Waals surface area contributed by atoms with Crippen molar-refractivity contribution < 1.29 is 18.7 Å². The predicted octanol–water partition coefficient (Wildman–Crippen LogP) is 0.988. The van der Waals surface area contributed by atoms with Gasteiger partial charge in [0.05, 0.1) is 7.11 Å². The molecule has 0 aliphatic carbocycles. The van der Waals surface area contributed by atoms with Gasteiger partial charge in [0.15, 0.2) is 0 Å². The molecule has 0 saturated carbocycles. The van der Waals surface area contributed by atoms with E-state index in [2.05, 4.69) is 10.2 Å². The van der Waals surface area contributed by atoms with E-state index in [-0.39, 0.29) is 0 Å². The van der Waals surface area contributed by atoms with Crippen molar-refractivity contribution in [3.63, 3.8) is 0 Å². The predicted molar refractivity (Wildman–Crippen MR) is 56.2 cm³/mol. The zero-order valence-corrected chi connectivity index (χ0v) is 8.94. The van der Waals surface area contributed by atoms with Gasteiger partial charge in [-0.1, -0.05) is 0 Å². The van der Waals surface area contributed by atoms with Crippen molar-refractivity contribution in [3.8, 4) is 0 Å². The number of hydrazine groups is 1. The van der Waals surface area contributed by atoms with Crippen molar-refractivity contribution in [2.75, 3.05) is 7.11 Å². The lowest BCUT2D eigenvalue weighted by Crippen LogP contribution is -2.40. The molecule has 1 aromatic heterocycles. The van der Waals surface area contributed by atoms with Gasteiger partial charge in [-0.05, 0) is 25.1 Å². The first-order valence-electron chi connectivity index (χ1n) is 4.50. The third-order valence-electron chi connectivity index (χ3n) is 1.63. The first-order valence-corrected chi connectivity index (χ1v) is 4.50. The SMILES string of the molecule is COC(=O)NNC(=O)/C=C/c1ccc(C)o1. The molecule has 1 aromatic rings. The fourth-order valence-electron chi connectivity index (χ4n) is 0.906. The highest BCUT2D eigenvalue weighted by atomic mass is 16.5. The molecule has 0 atom stereocenters. The van der Waals surface area contributed by atoms with Crippen LogP contribution < -0.4 is 10.9 Å². The first-order chi connectivity index (χ1) is 7.61. The molecule has 1 heterocycles. The Bertz CT molecular complexity index is 409. The molecule has 0 spiro atoms. The molecule has 6 nitrogen and oxygen atoms in total. The third-order valence-corrected chi connectivity index (χ3v) is 1.63. The molecule has 0 fully saturated rings. The number of nitrogens with one attached hydrogen (secondary N) is 2. The Labute approximate surface area is 92.2 Å². The molecule has 6 heteroatoms. The van der Waals surface area contributed by atoms with Crippen LogP contribution in [0.2, 0.25) is 0 Å². The molecule has 0 bridgehead atoms. The summed E-state index contributed by atoms with van der Waals surface area (Å²) < 4.78 is 9.46. The largest absolute Gasteiger partial charge is 0.462 e. The number of amides is 2. The van der Waals surface area contributed by atoms with Gasteiger partial charge in [-0.3, -0.25) is 10.2 Å². The molecule has 0 aromatic carbocycles. The van der Waals surface area contributed by atoms with E-state index in [0.717, 1.165) is 5.76 Å². The van der Waals surface area contributed by atoms with Gasteiger partial charge in [0.25, 0.3) is 5.91 Å². The molecule has 0 radical (unpaired) electrons. The number of furan rings is 1. The maximum absolute atomic E-state index is 11.1. The third kappa shape index (κ3) is 3.87. The average Bonchev–Trinajstić information content (AvgIpc) is 2.69. The molecule has 0 aliphatic heterocycles. The highest BCUT2D eigenvalue weighted by Gasteiger charge is 2.00. The summed E-state index contributed by atoms with van der Waals surface area (Å²) in [6.45, 7) is 1.80. The second-order valence-corrected chi connectivity index (χ2v) is 2.89. The first kappa shape index (κ1) is 11.8. The van der Waals surface area contributed by atoms with Gasteiger partial charge in [-0.25, -0.2) is 10.2 Å². The second kappa shape index (κ2) is 5.59. The topological polar surface area (TPSA) is 80.6 Å². The molecule has 16 heavy (non-hydrogen) atoms. The highest BCUT2D eigenvalue weighted by Crippen LogP contribution is 2.07. The van der Waals surface area contributed by atoms with Gasteiger partial charge < -0.3 is 9.15 Å². The minimum atomic E-state index is -0.740. The van der Waals surface area contributed by atoms with Crippen LogP contribution in [0.5, 0.6) is 0 Å². The van der Waals surface area contributed by atoms with Crippen LogP contribution in [-0.4, -0.2) is 19.1 Å². The summed E-state index contributed by atoms with van der Waals surface area (Å²) in [6, 6.07) is 3.51. The van der Waals surface area contributed by atoms with Gasteiger partial charge in [0.1, 0.15) is 11.5 Å². The molecule has 0 saturated heterocycles. The maximum atomic E-state index is 11.1. The average molecular weight is 224 g/mol. The second-order valence-electron chi connectivity index (χ2n) is 2.89. The van der Waals surface area contributed by atoms with E-state index in [0.29, 0.717) is 5.76 Å². The van der Waals surface area contributed by atoms with E-state index >= 15 is 0 Å². The van der Waals surface area contributed by atoms with Crippen LogP contribution in [0.15, 0.2) is 22.6 Å². The van der Waals surface area contributed by atoms with E-state index in [1.807, 2.05) is 5.43 Å². The maximum Gasteiger partial charge on any atom is 0.425 e. The summed E-state index contributed by atoms with van der Waals surface area (Å²) in [5.41, 5.74) is 4.15. The summed E-state index contributed by atoms with van der Waals surface area (Å²) in [5, 5.41) is 0. The summed E-state index contributed by atoms with van der Waals surface area (Å²) in [7, 11) is 1.20. The monoisotopic (exact) mass is 224 g/mol. The van der Waals surface area contributed by atoms with Crippen molar-refractivity contribution in [3.05, 3.63) is 29.7 Å². The van der Waals surface area contributed by atoms with E-state index < -0.39 is 12.0 Å². The Kier molecular flexibility index (Phi) is 4.14. The number of hydrogen-bond donors (Lipinski definition) is 2. The number of hydrogen-bond acceptors (Lipinski definition) is 4. The summed E-state index contributed by atoms with van der Waals surface area (Å²) in [5.74, 6) is 0.831. The normalized spacial score (nSPS) is 10.1. The number of rotatable bonds is 2. The van der Waals surface area contributed by atoms with Crippen LogP contribution in [0.3, 0.4) is 0 Å². The number of carbonyl (C=O) groups is 2. The summed E-state index contributed by atoms with van der Waals surface area (Å²) in [4.78, 5) is 21.7. The fraction of sp³-hybridized carbons (Fsp3) is 0.200. The van der Waals surface area contributed by atoms with Gasteiger partial charge in [0, 0.05) is 6.08 Å². The van der Waals surface area contributed by atoms with Crippen molar-refractivity contribution in [2.24, 2.45) is 0 Å². The Morgan fingerprint density at radius 2 is 2.12 bits per heavy atom. The number of carbonyl (C=O) groups excluding carboxylic acids is 2. The summed E-state index contributed by atoms with van der Waals surface area (Å²) >= 11 is 0. The van der Waals surface area contributed by atoms with Crippen LogP contribution in [0.4, 0.5) is 4.79 Å². The van der Waals surface area contributed by atoms with Crippen LogP contribution >= 0.6 is 0 Å². The van der Waals surface area contributed by atoms with Crippen molar-refractivity contribution in [1.82, 2.24) is 10.9 Å². The number of aryl methyl sites for hydroxylation is 1. The molecule has 2 amide bonds. The van der Waals surface area contributed by atoms with Gasteiger partial charge in [-0.2, -0.15) is 0 Å². The Morgan fingerprint density at radius 3 is 2.69 bits per heavy atom. The lowest BCUT2D eigenvalue weighted by molar-refractivity contribution is -0.117. The molecular weight excluding hydrogens is 212 g/mol. The van der Waals surface area contributed by atoms with Gasteiger partial charge in [-0.15, -0.1) is 0 Å². The lowest BCUT2D eigenvalue weighted by atomic mass is 10.4. The van der Waals surface area contributed by atoms with Gasteiger partial charge in [0.2, 0.25) is 0 Å². The minimum absolute atomic E-state index is 0.487. The molecule has 2 N–H and O–H groups in total. The van der Waals surface area contributed by atoms with Crippen LogP contribution in [0, 0.1) is 6.92 Å². The van der Waals surface area contributed by atoms with Crippen molar-refractivity contribution in [2.45, 2.75) is 6.92 Å². The molecule has 0 unspecified atom stereocenters. The van der Waals surface area contributed by atoms with E-state index in [9.17, 15) is 9.59 Å². The number of ether oxygens (including phenoxy) is 1. The lowest BCUT2D eigenvalue weighted by Gasteiger charge is -2.01.